The maximum absolute atomic E-state index is 11.9. The van der Waals surface area contributed by atoms with E-state index in [4.69, 9.17) is 4.74 Å². The van der Waals surface area contributed by atoms with Crippen molar-refractivity contribution in [3.8, 4) is 0 Å². The fourth-order valence-electron chi connectivity index (χ4n) is 3.79. The van der Waals surface area contributed by atoms with E-state index in [0.29, 0.717) is 17.8 Å². The first-order valence-corrected chi connectivity index (χ1v) is 13.4. The molecule has 1 aromatic carbocycles. The summed E-state index contributed by atoms with van der Waals surface area (Å²) in [6, 6.07) is 4.59. The smallest absolute Gasteiger partial charge is 0.151 e. The average Bonchev–Trinajstić information content (AvgIpc) is 2.63. The van der Waals surface area contributed by atoms with Gasteiger partial charge in [-0.15, -0.1) is 0 Å². The molecule has 0 N–H and O–H groups in total. The molecule has 0 amide bonds. The topological polar surface area (TPSA) is 60.4 Å². The zero-order valence-electron chi connectivity index (χ0n) is 21.1. The van der Waals surface area contributed by atoms with Gasteiger partial charge in [-0.3, -0.25) is 4.79 Å². The average molecular weight is 451 g/mol. The van der Waals surface area contributed by atoms with E-state index in [1.807, 2.05) is 13.8 Å². The molecular weight excluding hydrogens is 408 g/mol. The van der Waals surface area contributed by atoms with Gasteiger partial charge in [0.05, 0.1) is 18.0 Å². The van der Waals surface area contributed by atoms with Crippen LogP contribution < -0.4 is 0 Å². The van der Waals surface area contributed by atoms with Gasteiger partial charge in [-0.25, -0.2) is 8.42 Å². The minimum Gasteiger partial charge on any atom is -0.366 e. The predicted molar refractivity (Wildman–Crippen MR) is 131 cm³/mol. The molecule has 0 aliphatic heterocycles. The van der Waals surface area contributed by atoms with E-state index >= 15 is 0 Å². The monoisotopic (exact) mass is 450 g/mol. The van der Waals surface area contributed by atoms with Crippen molar-refractivity contribution in [2.45, 2.75) is 98.7 Å². The van der Waals surface area contributed by atoms with E-state index in [-0.39, 0.29) is 24.1 Å². The molecular formula is C26H42O4S. The van der Waals surface area contributed by atoms with E-state index in [1.165, 1.54) is 28.5 Å². The lowest BCUT2D eigenvalue weighted by Crippen LogP contribution is -2.22. The molecule has 4 nitrogen and oxygen atoms in total. The maximum Gasteiger partial charge on any atom is 0.151 e. The van der Waals surface area contributed by atoms with Crippen molar-refractivity contribution in [3.05, 3.63) is 46.0 Å². The number of benzene rings is 1. The highest BCUT2D eigenvalue weighted by atomic mass is 32.2. The highest BCUT2D eigenvalue weighted by Gasteiger charge is 2.25. The normalized spacial score (nSPS) is 15.1. The van der Waals surface area contributed by atoms with E-state index in [2.05, 4.69) is 53.7 Å². The molecule has 0 spiro atoms. The van der Waals surface area contributed by atoms with Crippen LogP contribution in [0.2, 0.25) is 0 Å². The summed E-state index contributed by atoms with van der Waals surface area (Å²) < 4.78 is 29.7. The molecule has 2 atom stereocenters. The number of carbonyl (C=O) groups is 1. The van der Waals surface area contributed by atoms with Gasteiger partial charge >= 0.3 is 0 Å². The molecule has 176 valence electrons. The van der Waals surface area contributed by atoms with Crippen molar-refractivity contribution in [1.29, 1.82) is 0 Å². The Balaban J connectivity index is 3.46. The Morgan fingerprint density at radius 1 is 0.935 bits per heavy atom. The Labute approximate surface area is 190 Å². The van der Waals surface area contributed by atoms with Crippen LogP contribution in [0.5, 0.6) is 0 Å². The summed E-state index contributed by atoms with van der Waals surface area (Å²) in [5.74, 6) is 1.08. The lowest BCUT2D eigenvalue weighted by molar-refractivity contribution is -0.120. The molecule has 31 heavy (non-hydrogen) atoms. The summed E-state index contributed by atoms with van der Waals surface area (Å²) in [6.07, 6.45) is 2.44. The Morgan fingerprint density at radius 3 is 1.77 bits per heavy atom. The van der Waals surface area contributed by atoms with Crippen LogP contribution in [0.25, 0.3) is 0 Å². The number of hydrogen-bond acceptors (Lipinski definition) is 4. The molecule has 5 heteroatoms. The number of rotatable bonds is 11. The van der Waals surface area contributed by atoms with Crippen LogP contribution >= 0.6 is 0 Å². The molecule has 1 aromatic rings. The van der Waals surface area contributed by atoms with E-state index < -0.39 is 15.9 Å². The van der Waals surface area contributed by atoms with E-state index in [0.717, 1.165) is 5.57 Å². The number of hydrogen-bond donors (Lipinski definition) is 0. The van der Waals surface area contributed by atoms with Crippen LogP contribution in [0.1, 0.15) is 115 Å². The molecule has 0 fully saturated rings. The SMILES string of the molecule is CC(=O)C[C@H](O[C@H](C)c1c(C(C)C)cc(C(C)C)cc1C(C)C)/C(C)=C\CS(C)(=O)=O. The third-order valence-corrected chi connectivity index (χ3v) is 6.41. The number of ketones is 1. The van der Waals surface area contributed by atoms with Gasteiger partial charge in [-0.05, 0) is 66.4 Å². The van der Waals surface area contributed by atoms with Crippen LogP contribution in [0.15, 0.2) is 23.8 Å². The summed E-state index contributed by atoms with van der Waals surface area (Å²) in [5, 5.41) is 0. The first-order valence-electron chi connectivity index (χ1n) is 11.3. The summed E-state index contributed by atoms with van der Waals surface area (Å²) in [4.78, 5) is 11.9. The fourth-order valence-corrected chi connectivity index (χ4v) is 4.35. The lowest BCUT2D eigenvalue weighted by atomic mass is 9.82. The highest BCUT2D eigenvalue weighted by Crippen LogP contribution is 2.38. The molecule has 0 radical (unpaired) electrons. The van der Waals surface area contributed by atoms with Crippen molar-refractivity contribution < 1.29 is 17.9 Å². The van der Waals surface area contributed by atoms with Gasteiger partial charge < -0.3 is 4.74 Å². The third kappa shape index (κ3) is 8.53. The number of Topliss-reactive ketones (excluding diaryl/α,β-unsaturated/α-hetero) is 1. The third-order valence-electron chi connectivity index (χ3n) is 5.64. The van der Waals surface area contributed by atoms with Crippen molar-refractivity contribution in [3.63, 3.8) is 0 Å². The quantitative estimate of drug-likeness (QED) is 0.362. The van der Waals surface area contributed by atoms with Crippen molar-refractivity contribution in [2.75, 3.05) is 12.0 Å². The van der Waals surface area contributed by atoms with Gasteiger partial charge in [-0.2, -0.15) is 0 Å². The zero-order valence-corrected chi connectivity index (χ0v) is 21.9. The van der Waals surface area contributed by atoms with Crippen LogP contribution in [0, 0.1) is 0 Å². The van der Waals surface area contributed by atoms with Crippen LogP contribution in [0.4, 0.5) is 0 Å². The second-order valence-electron chi connectivity index (χ2n) is 9.79. The van der Waals surface area contributed by atoms with Gasteiger partial charge in [0.25, 0.3) is 0 Å². The van der Waals surface area contributed by atoms with E-state index in [1.54, 1.807) is 13.0 Å². The van der Waals surface area contributed by atoms with Gasteiger partial charge in [0.1, 0.15) is 5.78 Å². The van der Waals surface area contributed by atoms with Gasteiger partial charge in [0, 0.05) is 12.7 Å². The fraction of sp³-hybridized carbons (Fsp3) is 0.654. The molecule has 0 aliphatic rings. The van der Waals surface area contributed by atoms with Gasteiger partial charge in [0.15, 0.2) is 9.84 Å². The van der Waals surface area contributed by atoms with Gasteiger partial charge in [0.2, 0.25) is 0 Å². The minimum atomic E-state index is -3.13. The van der Waals surface area contributed by atoms with Crippen molar-refractivity contribution >= 4 is 15.6 Å². The molecule has 0 bridgehead atoms. The number of sulfone groups is 1. The van der Waals surface area contributed by atoms with Gasteiger partial charge in [-0.1, -0.05) is 59.8 Å². The van der Waals surface area contributed by atoms with E-state index in [9.17, 15) is 13.2 Å². The molecule has 0 unspecified atom stereocenters. The summed E-state index contributed by atoms with van der Waals surface area (Å²) in [5.41, 5.74) is 5.86. The predicted octanol–water partition coefficient (Wildman–Crippen LogP) is 6.47. The zero-order chi connectivity index (χ0) is 24.1. The number of ether oxygens (including phenoxy) is 1. The van der Waals surface area contributed by atoms with Crippen LogP contribution in [-0.4, -0.2) is 32.3 Å². The largest absolute Gasteiger partial charge is 0.366 e. The summed E-state index contributed by atoms with van der Waals surface area (Å²) in [7, 11) is -3.13. The maximum atomic E-state index is 11.9. The Morgan fingerprint density at radius 2 is 1.42 bits per heavy atom. The second-order valence-corrected chi connectivity index (χ2v) is 12.0. The highest BCUT2D eigenvalue weighted by molar-refractivity contribution is 7.90. The van der Waals surface area contributed by atoms with Crippen LogP contribution in [0.3, 0.4) is 0 Å². The first-order chi connectivity index (χ1) is 14.1. The number of carbonyl (C=O) groups excluding carboxylic acids is 1. The standard InChI is InChI=1S/C26H42O4S/c1-16(2)22-14-23(17(3)4)26(24(15-22)18(5)6)21(9)30-25(13-20(8)27)19(7)11-12-31(10,28)29/h11,14-18,21,25H,12-13H2,1-10H3/b19-11-/t21-,25+/m1/s1. The minimum absolute atomic E-state index is 0.0210. The second kappa shape index (κ2) is 11.4. The Kier molecular flexibility index (Phi) is 10.2. The molecule has 0 aromatic heterocycles. The molecule has 1 rings (SSSR count). The van der Waals surface area contributed by atoms with Crippen molar-refractivity contribution in [2.24, 2.45) is 0 Å². The Hall–Kier alpha value is -1.46. The molecule has 0 heterocycles. The lowest BCUT2D eigenvalue weighted by Gasteiger charge is -2.29. The van der Waals surface area contributed by atoms with Crippen LogP contribution in [-0.2, 0) is 19.4 Å². The molecule has 0 saturated heterocycles. The van der Waals surface area contributed by atoms with Crippen molar-refractivity contribution in [1.82, 2.24) is 0 Å². The molecule has 0 aliphatic carbocycles. The first kappa shape index (κ1) is 27.6. The molecule has 0 saturated carbocycles. The summed E-state index contributed by atoms with van der Waals surface area (Å²) in [6.45, 7) is 18.6. The Bertz CT molecular complexity index is 863. The summed E-state index contributed by atoms with van der Waals surface area (Å²) >= 11 is 0.